The van der Waals surface area contributed by atoms with Crippen LogP contribution < -0.4 is 0 Å². The lowest BCUT2D eigenvalue weighted by molar-refractivity contribution is 0.679. The van der Waals surface area contributed by atoms with E-state index in [4.69, 9.17) is 0 Å². The van der Waals surface area contributed by atoms with Crippen molar-refractivity contribution >= 4 is 26.7 Å². The molecular weight excluding hydrogens is 288 g/mol. The molecule has 0 saturated carbocycles. The molecule has 0 N–H and O–H groups in total. The summed E-state index contributed by atoms with van der Waals surface area (Å²) in [5, 5.41) is 0.578. The molecule has 2 aromatic heterocycles. The van der Waals surface area contributed by atoms with Crippen molar-refractivity contribution in [2.24, 2.45) is 0 Å². The van der Waals surface area contributed by atoms with Crippen LogP contribution in [0.15, 0.2) is 52.2 Å². The first-order valence-electron chi connectivity index (χ1n) is 4.65. The van der Waals surface area contributed by atoms with Crippen molar-refractivity contribution in [3.8, 4) is 0 Å². The SMILES string of the molecule is O=[S@@](Cc1ccccn1)c1ccc(Br)cn1. The van der Waals surface area contributed by atoms with Gasteiger partial charge in [0, 0.05) is 16.9 Å². The van der Waals surface area contributed by atoms with Gasteiger partial charge in [-0.05, 0) is 40.2 Å². The second kappa shape index (κ2) is 5.32. The summed E-state index contributed by atoms with van der Waals surface area (Å²) >= 11 is 3.29. The highest BCUT2D eigenvalue weighted by atomic mass is 79.9. The Kier molecular flexibility index (Phi) is 3.79. The topological polar surface area (TPSA) is 42.9 Å². The largest absolute Gasteiger partial charge is 0.260 e. The molecule has 2 aromatic rings. The van der Waals surface area contributed by atoms with E-state index in [1.807, 2.05) is 24.3 Å². The van der Waals surface area contributed by atoms with Gasteiger partial charge in [-0.3, -0.25) is 9.19 Å². The lowest BCUT2D eigenvalue weighted by Gasteiger charge is -2.00. The van der Waals surface area contributed by atoms with Crippen molar-refractivity contribution in [3.05, 3.63) is 52.9 Å². The van der Waals surface area contributed by atoms with Crippen molar-refractivity contribution in [3.63, 3.8) is 0 Å². The van der Waals surface area contributed by atoms with E-state index < -0.39 is 10.8 Å². The van der Waals surface area contributed by atoms with E-state index in [2.05, 4.69) is 25.9 Å². The van der Waals surface area contributed by atoms with Crippen LogP contribution in [0, 0.1) is 0 Å². The average molecular weight is 297 g/mol. The van der Waals surface area contributed by atoms with E-state index in [1.165, 1.54) is 0 Å². The second-order valence-corrected chi connectivity index (χ2v) is 5.44. The van der Waals surface area contributed by atoms with Crippen molar-refractivity contribution in [1.29, 1.82) is 0 Å². The fourth-order valence-electron chi connectivity index (χ4n) is 1.19. The second-order valence-electron chi connectivity index (χ2n) is 3.13. The van der Waals surface area contributed by atoms with Gasteiger partial charge in [-0.1, -0.05) is 6.07 Å². The highest BCUT2D eigenvalue weighted by molar-refractivity contribution is 9.10. The normalized spacial score (nSPS) is 12.3. The molecule has 0 amide bonds. The zero-order valence-electron chi connectivity index (χ0n) is 8.34. The molecule has 1 atom stereocenters. The predicted octanol–water partition coefficient (Wildman–Crippen LogP) is 2.55. The minimum atomic E-state index is -1.14. The summed E-state index contributed by atoms with van der Waals surface area (Å²) in [4.78, 5) is 8.23. The van der Waals surface area contributed by atoms with E-state index in [-0.39, 0.29) is 0 Å². The Labute approximate surface area is 105 Å². The van der Waals surface area contributed by atoms with Gasteiger partial charge >= 0.3 is 0 Å². The Morgan fingerprint density at radius 3 is 2.69 bits per heavy atom. The Hall–Kier alpha value is -1.07. The maximum Gasteiger partial charge on any atom is 0.127 e. The summed E-state index contributed by atoms with van der Waals surface area (Å²) in [6, 6.07) is 9.16. The lowest BCUT2D eigenvalue weighted by atomic mass is 10.4. The molecule has 0 aliphatic heterocycles. The lowest BCUT2D eigenvalue weighted by Crippen LogP contribution is -2.00. The van der Waals surface area contributed by atoms with Crippen LogP contribution in [-0.4, -0.2) is 14.2 Å². The Morgan fingerprint density at radius 1 is 1.19 bits per heavy atom. The summed E-state index contributed by atoms with van der Waals surface area (Å²) in [5.41, 5.74) is 0.811. The summed E-state index contributed by atoms with van der Waals surface area (Å²) in [5.74, 6) is 0.398. The molecule has 0 unspecified atom stereocenters. The van der Waals surface area contributed by atoms with E-state index in [9.17, 15) is 4.21 Å². The number of hydrogen-bond acceptors (Lipinski definition) is 3. The maximum absolute atomic E-state index is 11.9. The first-order valence-corrected chi connectivity index (χ1v) is 6.77. The molecule has 0 bridgehead atoms. The molecule has 82 valence electrons. The van der Waals surface area contributed by atoms with Gasteiger partial charge in [0.15, 0.2) is 0 Å². The van der Waals surface area contributed by atoms with Gasteiger partial charge in [0.05, 0.1) is 22.2 Å². The monoisotopic (exact) mass is 296 g/mol. The van der Waals surface area contributed by atoms with Gasteiger partial charge < -0.3 is 0 Å². The summed E-state index contributed by atoms with van der Waals surface area (Å²) in [7, 11) is -1.14. The molecular formula is C11H9BrN2OS. The maximum atomic E-state index is 11.9. The third kappa shape index (κ3) is 2.96. The van der Waals surface area contributed by atoms with Crippen molar-refractivity contribution in [2.75, 3.05) is 0 Å². The fourth-order valence-corrected chi connectivity index (χ4v) is 2.40. The average Bonchev–Trinajstić information content (AvgIpc) is 2.31. The van der Waals surface area contributed by atoms with Gasteiger partial charge in [0.1, 0.15) is 5.03 Å². The molecule has 2 heterocycles. The third-order valence-corrected chi connectivity index (χ3v) is 3.67. The van der Waals surface area contributed by atoms with Crippen molar-refractivity contribution in [1.82, 2.24) is 9.97 Å². The molecule has 0 aliphatic rings. The predicted molar refractivity (Wildman–Crippen MR) is 66.3 cm³/mol. The smallest absolute Gasteiger partial charge is 0.127 e. The van der Waals surface area contributed by atoms with Gasteiger partial charge in [0.2, 0.25) is 0 Å². The molecule has 0 saturated heterocycles. The highest BCUT2D eigenvalue weighted by Gasteiger charge is 2.06. The standard InChI is InChI=1S/C11H9BrN2OS/c12-9-4-5-11(14-7-9)16(15)8-10-3-1-2-6-13-10/h1-7H,8H2/t16-/m0/s1. The first-order chi connectivity index (χ1) is 7.75. The number of hydrogen-bond donors (Lipinski definition) is 0. The van der Waals surface area contributed by atoms with Gasteiger partial charge in [-0.15, -0.1) is 0 Å². The Bertz CT molecular complexity index is 487. The fraction of sp³-hybridized carbons (Fsp3) is 0.0909. The van der Waals surface area contributed by atoms with Crippen LogP contribution in [0.2, 0.25) is 0 Å². The number of pyridine rings is 2. The van der Waals surface area contributed by atoms with Crippen LogP contribution in [0.1, 0.15) is 5.69 Å². The molecule has 16 heavy (non-hydrogen) atoms. The molecule has 3 nitrogen and oxygen atoms in total. The minimum Gasteiger partial charge on any atom is -0.260 e. The van der Waals surface area contributed by atoms with Crippen molar-refractivity contribution < 1.29 is 4.21 Å². The molecule has 0 aliphatic carbocycles. The highest BCUT2D eigenvalue weighted by Crippen LogP contribution is 2.12. The van der Waals surface area contributed by atoms with Crippen molar-refractivity contribution in [2.45, 2.75) is 10.8 Å². The zero-order valence-corrected chi connectivity index (χ0v) is 10.7. The quantitative estimate of drug-likeness (QED) is 0.874. The zero-order chi connectivity index (χ0) is 11.4. The van der Waals surface area contributed by atoms with Crippen LogP contribution in [0.25, 0.3) is 0 Å². The summed E-state index contributed by atoms with van der Waals surface area (Å²) in [6.07, 6.45) is 3.34. The van der Waals surface area contributed by atoms with Crippen LogP contribution in [0.4, 0.5) is 0 Å². The third-order valence-electron chi connectivity index (χ3n) is 1.94. The van der Waals surface area contributed by atoms with Gasteiger partial charge in [-0.25, -0.2) is 4.98 Å². The number of rotatable bonds is 3. The van der Waals surface area contributed by atoms with Crippen LogP contribution in [0.3, 0.4) is 0 Å². The molecule has 2 rings (SSSR count). The molecule has 5 heteroatoms. The van der Waals surface area contributed by atoms with E-state index in [0.717, 1.165) is 10.2 Å². The van der Waals surface area contributed by atoms with Crippen LogP contribution in [0.5, 0.6) is 0 Å². The molecule has 0 fully saturated rings. The number of nitrogens with zero attached hydrogens (tertiary/aromatic N) is 2. The Balaban J connectivity index is 2.12. The first kappa shape index (κ1) is 11.4. The molecule has 0 spiro atoms. The molecule has 0 radical (unpaired) electrons. The van der Waals surface area contributed by atoms with Crippen LogP contribution >= 0.6 is 15.9 Å². The minimum absolute atomic E-state index is 0.398. The van der Waals surface area contributed by atoms with Gasteiger partial charge in [0.25, 0.3) is 0 Å². The van der Waals surface area contributed by atoms with Gasteiger partial charge in [-0.2, -0.15) is 0 Å². The number of halogens is 1. The Morgan fingerprint density at radius 2 is 2.06 bits per heavy atom. The van der Waals surface area contributed by atoms with E-state index >= 15 is 0 Å². The summed E-state index contributed by atoms with van der Waals surface area (Å²) < 4.78 is 12.8. The van der Waals surface area contributed by atoms with E-state index in [1.54, 1.807) is 18.5 Å². The number of aromatic nitrogens is 2. The molecule has 0 aromatic carbocycles. The summed E-state index contributed by atoms with van der Waals surface area (Å²) in [6.45, 7) is 0. The van der Waals surface area contributed by atoms with Crippen LogP contribution in [-0.2, 0) is 16.6 Å². The van der Waals surface area contributed by atoms with E-state index in [0.29, 0.717) is 10.8 Å².